The van der Waals surface area contributed by atoms with Crippen molar-refractivity contribution in [1.82, 2.24) is 9.88 Å². The van der Waals surface area contributed by atoms with Crippen LogP contribution in [-0.4, -0.2) is 41.0 Å². The van der Waals surface area contributed by atoms with E-state index in [1.807, 2.05) is 78.9 Å². The van der Waals surface area contributed by atoms with Gasteiger partial charge in [0.05, 0.1) is 12.7 Å². The summed E-state index contributed by atoms with van der Waals surface area (Å²) in [5.41, 5.74) is -0.0675. The Labute approximate surface area is 222 Å². The molecular formula is C31H32N2O5. The minimum Gasteiger partial charge on any atom is -0.489 e. The van der Waals surface area contributed by atoms with Crippen LogP contribution in [0.25, 0.3) is 0 Å². The summed E-state index contributed by atoms with van der Waals surface area (Å²) in [7, 11) is 0. The molecule has 2 unspecified atom stereocenters. The number of piperidine rings is 1. The molecule has 7 heteroatoms. The maximum Gasteiger partial charge on any atom is 0.236 e. The largest absolute Gasteiger partial charge is 0.489 e. The predicted octanol–water partition coefficient (Wildman–Crippen LogP) is 5.37. The van der Waals surface area contributed by atoms with Gasteiger partial charge in [0.25, 0.3) is 0 Å². The van der Waals surface area contributed by atoms with Crippen LogP contribution in [0.2, 0.25) is 0 Å². The average molecular weight is 513 g/mol. The third kappa shape index (κ3) is 4.75. The van der Waals surface area contributed by atoms with Crippen LogP contribution in [0.1, 0.15) is 42.5 Å². The van der Waals surface area contributed by atoms with E-state index in [4.69, 9.17) is 18.6 Å². The number of oxazole rings is 1. The summed E-state index contributed by atoms with van der Waals surface area (Å²) in [5, 5.41) is 12.0. The molecule has 1 aromatic heterocycles. The molecule has 1 fully saturated rings. The third-order valence-corrected chi connectivity index (χ3v) is 7.56. The normalized spacial score (nSPS) is 19.4. The first-order chi connectivity index (χ1) is 18.6. The zero-order valence-electron chi connectivity index (χ0n) is 21.5. The van der Waals surface area contributed by atoms with Crippen molar-refractivity contribution in [1.29, 1.82) is 0 Å². The highest BCUT2D eigenvalue weighted by Crippen LogP contribution is 2.38. The van der Waals surface area contributed by atoms with Gasteiger partial charge in [-0.25, -0.2) is 4.98 Å². The van der Waals surface area contributed by atoms with E-state index in [2.05, 4.69) is 16.8 Å². The second-order valence-corrected chi connectivity index (χ2v) is 9.94. The second kappa shape index (κ2) is 10.5. The van der Waals surface area contributed by atoms with Crippen molar-refractivity contribution in [3.05, 3.63) is 108 Å². The van der Waals surface area contributed by atoms with Crippen molar-refractivity contribution in [2.75, 3.05) is 19.9 Å². The molecular weight excluding hydrogens is 480 g/mol. The monoisotopic (exact) mass is 512 g/mol. The highest BCUT2D eigenvalue weighted by molar-refractivity contribution is 5.47. The fourth-order valence-electron chi connectivity index (χ4n) is 5.44. The SMILES string of the molecule is CCC1CCN(Cc2cnc(C(O)(c3ccccc3)c3ccccc3)o2)CC1Oc1ccc2c(c1)OCO2. The van der Waals surface area contributed by atoms with Gasteiger partial charge in [-0.15, -0.1) is 0 Å². The first-order valence-corrected chi connectivity index (χ1v) is 13.2. The average Bonchev–Trinajstić information content (AvgIpc) is 3.63. The smallest absolute Gasteiger partial charge is 0.236 e. The summed E-state index contributed by atoms with van der Waals surface area (Å²) in [4.78, 5) is 6.89. The number of nitrogens with zero attached hydrogens (tertiary/aromatic N) is 2. The highest BCUT2D eigenvalue weighted by atomic mass is 16.7. The lowest BCUT2D eigenvalue weighted by Crippen LogP contribution is -2.46. The number of benzene rings is 3. The summed E-state index contributed by atoms with van der Waals surface area (Å²) in [6, 6.07) is 24.8. The molecule has 4 aromatic rings. The van der Waals surface area contributed by atoms with Crippen LogP contribution in [0.3, 0.4) is 0 Å². The number of hydrogen-bond acceptors (Lipinski definition) is 7. The standard InChI is InChI=1S/C31H32N2O5/c1-2-22-15-16-33(20-29(22)37-25-13-14-27-28(17-25)36-21-35-27)19-26-18-32-30(38-26)31(34,23-9-5-3-6-10-23)24-11-7-4-8-12-24/h3-14,17-18,22,29,34H,2,15-16,19-21H2,1H3. The number of ether oxygens (including phenoxy) is 3. The lowest BCUT2D eigenvalue weighted by atomic mass is 9.86. The van der Waals surface area contributed by atoms with E-state index >= 15 is 0 Å². The Balaban J connectivity index is 1.20. The van der Waals surface area contributed by atoms with E-state index in [1.165, 1.54) is 0 Å². The third-order valence-electron chi connectivity index (χ3n) is 7.56. The van der Waals surface area contributed by atoms with E-state index in [0.717, 1.165) is 43.2 Å². The van der Waals surface area contributed by atoms with Crippen molar-refractivity contribution >= 4 is 0 Å². The van der Waals surface area contributed by atoms with Crippen molar-refractivity contribution in [2.24, 2.45) is 5.92 Å². The highest BCUT2D eigenvalue weighted by Gasteiger charge is 2.39. The van der Waals surface area contributed by atoms with Gasteiger partial charge >= 0.3 is 0 Å². The van der Waals surface area contributed by atoms with Gasteiger partial charge < -0.3 is 23.7 Å². The molecule has 0 amide bonds. The Morgan fingerprint density at radius 2 is 1.68 bits per heavy atom. The van der Waals surface area contributed by atoms with Crippen LogP contribution in [0, 0.1) is 5.92 Å². The molecule has 3 aromatic carbocycles. The van der Waals surface area contributed by atoms with Crippen molar-refractivity contribution < 1.29 is 23.7 Å². The van der Waals surface area contributed by atoms with E-state index in [1.54, 1.807) is 6.20 Å². The Morgan fingerprint density at radius 3 is 2.39 bits per heavy atom. The molecule has 2 aliphatic rings. The fourth-order valence-corrected chi connectivity index (χ4v) is 5.44. The Hall–Kier alpha value is -3.81. The van der Waals surface area contributed by atoms with Crippen molar-refractivity contribution in [3.8, 4) is 17.2 Å². The van der Waals surface area contributed by atoms with Crippen molar-refractivity contribution in [2.45, 2.75) is 38.0 Å². The minimum absolute atomic E-state index is 0.0436. The molecule has 0 spiro atoms. The first kappa shape index (κ1) is 24.5. The van der Waals surface area contributed by atoms with Gasteiger partial charge in [-0.05, 0) is 48.6 Å². The number of aliphatic hydroxyl groups is 1. The van der Waals surface area contributed by atoms with Gasteiger partial charge in [0.1, 0.15) is 17.6 Å². The summed E-state index contributed by atoms with van der Waals surface area (Å²) >= 11 is 0. The molecule has 0 aliphatic carbocycles. The zero-order chi connectivity index (χ0) is 26.0. The van der Waals surface area contributed by atoms with Crippen LogP contribution in [0.15, 0.2) is 89.5 Å². The van der Waals surface area contributed by atoms with Crippen LogP contribution in [0.4, 0.5) is 0 Å². The summed E-state index contributed by atoms with van der Waals surface area (Å²) < 4.78 is 23.7. The molecule has 196 valence electrons. The number of aromatic nitrogens is 1. The summed E-state index contributed by atoms with van der Waals surface area (Å²) in [6.45, 7) is 4.76. The van der Waals surface area contributed by atoms with Gasteiger partial charge in [0.15, 0.2) is 17.1 Å². The van der Waals surface area contributed by atoms with Gasteiger partial charge in [-0.3, -0.25) is 4.90 Å². The predicted molar refractivity (Wildman–Crippen MR) is 142 cm³/mol. The Morgan fingerprint density at radius 1 is 0.974 bits per heavy atom. The van der Waals surface area contributed by atoms with Gasteiger partial charge in [0.2, 0.25) is 12.7 Å². The number of rotatable bonds is 8. The molecule has 2 atom stereocenters. The van der Waals surface area contributed by atoms with Gasteiger partial charge in [0, 0.05) is 12.6 Å². The summed E-state index contributed by atoms with van der Waals surface area (Å²) in [5.74, 6) is 3.70. The first-order valence-electron chi connectivity index (χ1n) is 13.2. The molecule has 38 heavy (non-hydrogen) atoms. The van der Waals surface area contributed by atoms with Crippen LogP contribution in [0.5, 0.6) is 17.2 Å². The maximum atomic E-state index is 12.0. The lowest BCUT2D eigenvalue weighted by Gasteiger charge is -2.37. The van der Waals surface area contributed by atoms with E-state index in [-0.39, 0.29) is 18.8 Å². The van der Waals surface area contributed by atoms with Gasteiger partial charge in [-0.2, -0.15) is 0 Å². The molecule has 1 saturated heterocycles. The molecule has 6 rings (SSSR count). The number of fused-ring (bicyclic) bond motifs is 1. The Bertz CT molecular complexity index is 1320. The Kier molecular flexibility index (Phi) is 6.79. The molecule has 0 saturated carbocycles. The molecule has 0 bridgehead atoms. The fraction of sp³-hybridized carbons (Fsp3) is 0.323. The summed E-state index contributed by atoms with van der Waals surface area (Å²) in [6.07, 6.45) is 3.86. The number of likely N-dealkylation sites (tertiary alicyclic amines) is 1. The molecule has 0 radical (unpaired) electrons. The quantitative estimate of drug-likeness (QED) is 0.340. The van der Waals surface area contributed by atoms with Crippen molar-refractivity contribution in [3.63, 3.8) is 0 Å². The molecule has 3 heterocycles. The number of hydrogen-bond donors (Lipinski definition) is 1. The molecule has 7 nitrogen and oxygen atoms in total. The molecule has 1 N–H and O–H groups in total. The molecule has 2 aliphatic heterocycles. The zero-order valence-corrected chi connectivity index (χ0v) is 21.5. The maximum absolute atomic E-state index is 12.0. The van der Waals surface area contributed by atoms with E-state index < -0.39 is 5.60 Å². The minimum atomic E-state index is -1.49. The topological polar surface area (TPSA) is 77.2 Å². The lowest BCUT2D eigenvalue weighted by molar-refractivity contribution is 0.0301. The van der Waals surface area contributed by atoms with Crippen LogP contribution < -0.4 is 14.2 Å². The van der Waals surface area contributed by atoms with E-state index in [0.29, 0.717) is 29.3 Å². The van der Waals surface area contributed by atoms with Gasteiger partial charge in [-0.1, -0.05) is 67.6 Å². The van der Waals surface area contributed by atoms with Crippen LogP contribution >= 0.6 is 0 Å². The van der Waals surface area contributed by atoms with Crippen LogP contribution in [-0.2, 0) is 12.1 Å². The second-order valence-electron chi connectivity index (χ2n) is 9.94. The van der Waals surface area contributed by atoms with E-state index in [9.17, 15) is 5.11 Å².